The molecule has 66 heavy (non-hydrogen) atoms. The maximum atomic E-state index is 2.72. The summed E-state index contributed by atoms with van der Waals surface area (Å²) in [6.45, 7) is 2.53. The second-order valence-electron chi connectivity index (χ2n) is 20.2. The fourth-order valence-electron chi connectivity index (χ4n) is 13.9. The number of hydrogen-bond acceptors (Lipinski definition) is 0. The van der Waals surface area contributed by atoms with Gasteiger partial charge in [0.15, 0.2) is 0 Å². The van der Waals surface area contributed by atoms with Gasteiger partial charge >= 0.3 is 0 Å². The van der Waals surface area contributed by atoms with Crippen LogP contribution in [0.15, 0.2) is 223 Å². The van der Waals surface area contributed by atoms with Gasteiger partial charge in [0, 0.05) is 28.5 Å². The first-order valence-electron chi connectivity index (χ1n) is 24.6. The molecular formula is C65H53N. The Balaban J connectivity index is 0.849. The van der Waals surface area contributed by atoms with Crippen LogP contribution in [0.25, 0.3) is 49.7 Å². The maximum absolute atomic E-state index is 2.72. The molecule has 8 atom stereocenters. The number of para-hydroxylation sites is 1. The van der Waals surface area contributed by atoms with Crippen molar-refractivity contribution in [1.29, 1.82) is 0 Å². The van der Waals surface area contributed by atoms with Gasteiger partial charge in [-0.25, -0.2) is 0 Å². The SMILES string of the molecule is CC1C(C2=C3C=CC=CC3C(C3Cc4cc5ccc(-n6c7c(c8ccccc86)CCc6ccccc6-7)cc5cc4-c4ccccc43)C=C2)=CC(c2ccccc2)C2CC2C1c1ccccc1. The minimum atomic E-state index is 0.307. The molecule has 1 aromatic heterocycles. The molecule has 7 aromatic carbocycles. The van der Waals surface area contributed by atoms with E-state index in [-0.39, 0.29) is 0 Å². The van der Waals surface area contributed by atoms with Crippen molar-refractivity contribution in [3.05, 3.63) is 256 Å². The Hall–Kier alpha value is -6.96. The van der Waals surface area contributed by atoms with Crippen molar-refractivity contribution in [2.45, 2.75) is 50.4 Å². The van der Waals surface area contributed by atoms with E-state index in [0.29, 0.717) is 47.3 Å². The van der Waals surface area contributed by atoms with Gasteiger partial charge in [-0.3, -0.25) is 0 Å². The molecule has 14 rings (SSSR count). The smallest absolute Gasteiger partial charge is 0.0575 e. The number of hydrogen-bond donors (Lipinski definition) is 0. The minimum Gasteiger partial charge on any atom is -0.309 e. The summed E-state index contributed by atoms with van der Waals surface area (Å²) in [6, 6.07) is 62.5. The molecule has 1 nitrogen and oxygen atoms in total. The highest BCUT2D eigenvalue weighted by Gasteiger charge is 2.52. The number of aromatic nitrogens is 1. The van der Waals surface area contributed by atoms with Gasteiger partial charge in [-0.15, -0.1) is 0 Å². The molecule has 0 saturated heterocycles. The predicted octanol–water partition coefficient (Wildman–Crippen LogP) is 15.9. The van der Waals surface area contributed by atoms with Crippen LogP contribution in [-0.2, 0) is 19.3 Å². The molecule has 0 amide bonds. The molecule has 0 aliphatic heterocycles. The van der Waals surface area contributed by atoms with E-state index in [4.69, 9.17) is 0 Å². The van der Waals surface area contributed by atoms with Gasteiger partial charge in [0.25, 0.3) is 0 Å². The Bertz CT molecular complexity index is 3420. The molecule has 0 bridgehead atoms. The van der Waals surface area contributed by atoms with Crippen LogP contribution in [-0.4, -0.2) is 4.57 Å². The van der Waals surface area contributed by atoms with Gasteiger partial charge in [0.1, 0.15) is 0 Å². The van der Waals surface area contributed by atoms with Gasteiger partial charge < -0.3 is 4.57 Å². The first kappa shape index (κ1) is 38.3. The molecule has 318 valence electrons. The number of benzene rings is 7. The first-order chi connectivity index (χ1) is 32.7. The topological polar surface area (TPSA) is 4.93 Å². The lowest BCUT2D eigenvalue weighted by molar-refractivity contribution is 0.422. The molecule has 1 heterocycles. The molecule has 1 saturated carbocycles. The number of nitrogens with zero attached hydrogens (tertiary/aromatic N) is 1. The molecule has 8 aromatic rings. The Morgan fingerprint density at radius 3 is 2.21 bits per heavy atom. The number of aryl methyl sites for hydroxylation is 2. The first-order valence-corrected chi connectivity index (χ1v) is 24.6. The van der Waals surface area contributed by atoms with Gasteiger partial charge in [-0.2, -0.15) is 0 Å². The standard InChI is InChI=1S/C65H53N/c1-40-57(38-59(41-16-4-2-5-17-41)61-39-62(61)64(40)43-19-6-3-7-20-43)53-32-33-54(50-23-11-10-22-49(50)53)60-37-46-34-44-28-30-47(35-45(44)36-58(46)51-24-12-13-25-52(51)60)66-63-27-15-14-26-55(63)56-31-29-42-18-8-9-21-48(42)65(56)66/h2-28,30,32-36,38,40,50,54,59-62,64H,29,31,37,39H2,1H3. The van der Waals surface area contributed by atoms with Crippen LogP contribution in [0.4, 0.5) is 0 Å². The van der Waals surface area contributed by atoms with Crippen LogP contribution in [0.2, 0.25) is 0 Å². The highest BCUT2D eigenvalue weighted by Crippen LogP contribution is 2.62. The van der Waals surface area contributed by atoms with Crippen molar-refractivity contribution in [3.63, 3.8) is 0 Å². The van der Waals surface area contributed by atoms with E-state index in [1.54, 1.807) is 0 Å². The number of fused-ring (bicyclic) bond motifs is 11. The van der Waals surface area contributed by atoms with Crippen LogP contribution in [0.5, 0.6) is 0 Å². The van der Waals surface area contributed by atoms with Crippen molar-refractivity contribution in [3.8, 4) is 28.1 Å². The Morgan fingerprint density at radius 1 is 0.561 bits per heavy atom. The lowest BCUT2D eigenvalue weighted by Crippen LogP contribution is -2.28. The summed E-state index contributed by atoms with van der Waals surface area (Å²) in [7, 11) is 0. The summed E-state index contributed by atoms with van der Waals surface area (Å²) in [4.78, 5) is 0. The van der Waals surface area contributed by atoms with Crippen LogP contribution >= 0.6 is 0 Å². The van der Waals surface area contributed by atoms with Gasteiger partial charge in [0.05, 0.1) is 11.2 Å². The van der Waals surface area contributed by atoms with Gasteiger partial charge in [0.2, 0.25) is 0 Å². The van der Waals surface area contributed by atoms with Gasteiger partial charge in [-0.1, -0.05) is 189 Å². The molecule has 0 N–H and O–H groups in total. The second kappa shape index (κ2) is 15.0. The van der Waals surface area contributed by atoms with Crippen molar-refractivity contribution in [2.24, 2.45) is 29.6 Å². The maximum Gasteiger partial charge on any atom is 0.0575 e. The molecule has 6 aliphatic carbocycles. The average Bonchev–Trinajstić information content (AvgIpc) is 4.09. The Kier molecular flexibility index (Phi) is 8.73. The highest BCUT2D eigenvalue weighted by molar-refractivity contribution is 5.97. The summed E-state index contributed by atoms with van der Waals surface area (Å²) < 4.78 is 2.55. The summed E-state index contributed by atoms with van der Waals surface area (Å²) in [5.74, 6) is 3.74. The van der Waals surface area contributed by atoms with Crippen LogP contribution < -0.4 is 0 Å². The normalized spacial score (nSPS) is 25.6. The van der Waals surface area contributed by atoms with E-state index >= 15 is 0 Å². The molecule has 8 unspecified atom stereocenters. The van der Waals surface area contributed by atoms with Crippen molar-refractivity contribution < 1.29 is 0 Å². The zero-order valence-electron chi connectivity index (χ0n) is 37.5. The van der Waals surface area contributed by atoms with Crippen molar-refractivity contribution in [1.82, 2.24) is 4.57 Å². The van der Waals surface area contributed by atoms with E-state index in [0.717, 1.165) is 19.3 Å². The summed E-state index contributed by atoms with van der Waals surface area (Å²) in [5.41, 5.74) is 21.4. The highest BCUT2D eigenvalue weighted by atomic mass is 15.0. The fourth-order valence-corrected chi connectivity index (χ4v) is 13.9. The van der Waals surface area contributed by atoms with E-state index < -0.39 is 0 Å². The summed E-state index contributed by atoms with van der Waals surface area (Å²) in [6.07, 6.45) is 22.0. The third-order valence-electron chi connectivity index (χ3n) is 16.9. The largest absolute Gasteiger partial charge is 0.309 e. The van der Waals surface area contributed by atoms with Crippen LogP contribution in [0.3, 0.4) is 0 Å². The minimum absolute atomic E-state index is 0.307. The molecule has 0 spiro atoms. The quantitative estimate of drug-likeness (QED) is 0.163. The summed E-state index contributed by atoms with van der Waals surface area (Å²) >= 11 is 0. The average molecular weight is 848 g/mol. The molecule has 0 radical (unpaired) electrons. The van der Waals surface area contributed by atoms with E-state index in [1.165, 1.54) is 106 Å². The zero-order chi connectivity index (χ0) is 43.5. The predicted molar refractivity (Wildman–Crippen MR) is 274 cm³/mol. The van der Waals surface area contributed by atoms with Crippen molar-refractivity contribution in [2.75, 3.05) is 0 Å². The Morgan fingerprint density at radius 2 is 1.33 bits per heavy atom. The zero-order valence-corrected chi connectivity index (χ0v) is 37.5. The molecular weight excluding hydrogens is 795 g/mol. The monoisotopic (exact) mass is 847 g/mol. The third kappa shape index (κ3) is 5.91. The summed E-state index contributed by atoms with van der Waals surface area (Å²) in [5, 5.41) is 3.99. The van der Waals surface area contributed by atoms with E-state index in [9.17, 15) is 0 Å². The van der Waals surface area contributed by atoms with Crippen molar-refractivity contribution >= 4 is 21.7 Å². The number of allylic oxidation sites excluding steroid dienone is 10. The lowest BCUT2D eigenvalue weighted by Gasteiger charge is -2.40. The number of rotatable bonds is 5. The molecule has 1 fully saturated rings. The fraction of sp³-hybridized carbons (Fsp3) is 0.200. The molecule has 1 heteroatoms. The Labute approximate surface area is 388 Å². The van der Waals surface area contributed by atoms with E-state index in [1.807, 2.05) is 0 Å². The van der Waals surface area contributed by atoms with E-state index in [2.05, 4.69) is 218 Å². The third-order valence-corrected chi connectivity index (χ3v) is 16.9. The van der Waals surface area contributed by atoms with Crippen LogP contribution in [0, 0.1) is 29.6 Å². The second-order valence-corrected chi connectivity index (χ2v) is 20.2. The molecule has 6 aliphatic rings. The van der Waals surface area contributed by atoms with Gasteiger partial charge in [-0.05, 0) is 157 Å². The van der Waals surface area contributed by atoms with Crippen LogP contribution in [0.1, 0.15) is 64.5 Å². The lowest BCUT2D eigenvalue weighted by atomic mass is 9.64.